The highest BCUT2D eigenvalue weighted by atomic mass is 16.1. The Morgan fingerprint density at radius 3 is 2.63 bits per heavy atom. The molecule has 0 aromatic heterocycles. The van der Waals surface area contributed by atoms with E-state index < -0.39 is 0 Å². The van der Waals surface area contributed by atoms with Crippen LogP contribution < -0.4 is 0 Å². The zero-order valence-corrected chi connectivity index (χ0v) is 12.0. The van der Waals surface area contributed by atoms with E-state index in [9.17, 15) is 4.79 Å². The fourth-order valence-electron chi connectivity index (χ4n) is 2.37. The summed E-state index contributed by atoms with van der Waals surface area (Å²) in [6, 6.07) is 10.3. The Bertz CT molecular complexity index is 465. The fraction of sp³-hybridized carbons (Fsp3) is 0.500. The van der Waals surface area contributed by atoms with Gasteiger partial charge in [-0.15, -0.1) is 0 Å². The summed E-state index contributed by atoms with van der Waals surface area (Å²) < 4.78 is 0. The number of benzene rings is 1. The van der Waals surface area contributed by atoms with Crippen molar-refractivity contribution in [2.75, 3.05) is 7.05 Å². The molecule has 0 unspecified atom stereocenters. The third-order valence-electron chi connectivity index (χ3n) is 4.00. The Labute approximate surface area is 115 Å². The largest absolute Gasteiger partial charge is 0.299 e. The van der Waals surface area contributed by atoms with Crippen LogP contribution in [0.1, 0.15) is 38.7 Å². The van der Waals surface area contributed by atoms with Crippen LogP contribution in [-0.2, 0) is 4.79 Å². The number of carbonyl (C=O) groups is 1. The van der Waals surface area contributed by atoms with Crippen LogP contribution in [0.25, 0.3) is 0 Å². The molecule has 19 heavy (non-hydrogen) atoms. The van der Waals surface area contributed by atoms with E-state index in [1.807, 2.05) is 62.5 Å². The Morgan fingerprint density at radius 1 is 1.32 bits per heavy atom. The minimum absolute atomic E-state index is 0.152. The maximum atomic E-state index is 12.0. The number of hydrazone groups is 1. The van der Waals surface area contributed by atoms with Gasteiger partial charge in [-0.1, -0.05) is 44.2 Å². The first kappa shape index (κ1) is 13.8. The van der Waals surface area contributed by atoms with Crippen LogP contribution in [0.15, 0.2) is 35.4 Å². The molecule has 1 saturated carbocycles. The van der Waals surface area contributed by atoms with Crippen LogP contribution in [0, 0.1) is 5.41 Å². The molecule has 2 rings (SSSR count). The van der Waals surface area contributed by atoms with Crippen molar-refractivity contribution < 1.29 is 4.79 Å². The summed E-state index contributed by atoms with van der Waals surface area (Å²) >= 11 is 0. The molecule has 3 nitrogen and oxygen atoms in total. The van der Waals surface area contributed by atoms with Crippen LogP contribution in [0.4, 0.5) is 0 Å². The number of carbonyl (C=O) groups excluding carboxylic acids is 1. The van der Waals surface area contributed by atoms with Gasteiger partial charge >= 0.3 is 0 Å². The molecule has 0 N–H and O–H groups in total. The summed E-state index contributed by atoms with van der Waals surface area (Å²) in [5, 5.41) is 6.39. The van der Waals surface area contributed by atoms with Crippen molar-refractivity contribution in [2.24, 2.45) is 10.5 Å². The first-order valence-corrected chi connectivity index (χ1v) is 6.84. The molecule has 1 aliphatic carbocycles. The lowest BCUT2D eigenvalue weighted by Crippen LogP contribution is -2.40. The highest BCUT2D eigenvalue weighted by Crippen LogP contribution is 2.33. The molecular formula is C16H22N2O. The van der Waals surface area contributed by atoms with E-state index in [0.29, 0.717) is 12.2 Å². The van der Waals surface area contributed by atoms with Crippen molar-refractivity contribution in [2.45, 2.75) is 39.2 Å². The highest BCUT2D eigenvalue weighted by Gasteiger charge is 2.35. The molecule has 1 aliphatic rings. The minimum atomic E-state index is -0.152. The van der Waals surface area contributed by atoms with Crippen molar-refractivity contribution >= 4 is 12.0 Å². The number of hydrogen-bond acceptors (Lipinski definition) is 3. The first-order chi connectivity index (χ1) is 8.99. The van der Waals surface area contributed by atoms with E-state index in [-0.39, 0.29) is 11.5 Å². The van der Waals surface area contributed by atoms with Gasteiger partial charge in [-0.3, -0.25) is 9.80 Å². The van der Waals surface area contributed by atoms with Gasteiger partial charge < -0.3 is 0 Å². The molecule has 0 heterocycles. The van der Waals surface area contributed by atoms with E-state index in [1.54, 1.807) is 0 Å². The van der Waals surface area contributed by atoms with Gasteiger partial charge in [0.05, 0.1) is 12.3 Å². The van der Waals surface area contributed by atoms with Crippen molar-refractivity contribution in [3.63, 3.8) is 0 Å². The van der Waals surface area contributed by atoms with Crippen molar-refractivity contribution in [3.05, 3.63) is 35.9 Å². The highest BCUT2D eigenvalue weighted by molar-refractivity contribution is 5.85. The van der Waals surface area contributed by atoms with Crippen LogP contribution in [0.2, 0.25) is 0 Å². The maximum Gasteiger partial charge on any atom is 0.140 e. The van der Waals surface area contributed by atoms with Gasteiger partial charge in [-0.05, 0) is 18.4 Å². The van der Waals surface area contributed by atoms with Crippen LogP contribution >= 0.6 is 0 Å². The quantitative estimate of drug-likeness (QED) is 0.616. The lowest BCUT2D eigenvalue weighted by atomic mass is 9.74. The average Bonchev–Trinajstić information content (AvgIpc) is 2.40. The van der Waals surface area contributed by atoms with Gasteiger partial charge in [0.1, 0.15) is 5.78 Å². The van der Waals surface area contributed by atoms with E-state index in [2.05, 4.69) is 5.10 Å². The van der Waals surface area contributed by atoms with E-state index in [4.69, 9.17) is 0 Å². The Balaban J connectivity index is 1.96. The Morgan fingerprint density at radius 2 is 2.00 bits per heavy atom. The van der Waals surface area contributed by atoms with E-state index in [0.717, 1.165) is 18.4 Å². The summed E-state index contributed by atoms with van der Waals surface area (Å²) in [6.45, 7) is 4.08. The summed E-state index contributed by atoms with van der Waals surface area (Å²) in [5.74, 6) is 0.352. The standard InChI is InChI=1S/C16H22N2O/c1-16(2)10-9-14(11-15(16)19)18(3)17-12-13-7-5-4-6-8-13/h4-8,12,14H,9-11H2,1-3H3/b17-12+/t14-/m0/s1. The van der Waals surface area contributed by atoms with Gasteiger partial charge in [-0.25, -0.2) is 0 Å². The molecule has 1 aromatic carbocycles. The molecule has 1 fully saturated rings. The SMILES string of the molecule is CN(/N=C/c1ccccc1)[C@H]1CCC(C)(C)C(=O)C1. The molecule has 0 saturated heterocycles. The van der Waals surface area contributed by atoms with E-state index in [1.165, 1.54) is 0 Å². The third kappa shape index (κ3) is 3.43. The van der Waals surface area contributed by atoms with Gasteiger partial charge in [0.25, 0.3) is 0 Å². The Kier molecular flexibility index (Phi) is 4.03. The molecule has 102 valence electrons. The minimum Gasteiger partial charge on any atom is -0.299 e. The predicted molar refractivity (Wildman–Crippen MR) is 78.2 cm³/mol. The second-order valence-corrected chi connectivity index (χ2v) is 5.93. The van der Waals surface area contributed by atoms with E-state index >= 15 is 0 Å². The third-order valence-corrected chi connectivity index (χ3v) is 4.00. The summed E-state index contributed by atoms with van der Waals surface area (Å²) in [4.78, 5) is 12.0. The van der Waals surface area contributed by atoms with Gasteiger partial charge in [0.15, 0.2) is 0 Å². The fourth-order valence-corrected chi connectivity index (χ4v) is 2.37. The summed E-state index contributed by atoms with van der Waals surface area (Å²) in [7, 11) is 1.95. The van der Waals surface area contributed by atoms with Crippen molar-refractivity contribution in [1.82, 2.24) is 5.01 Å². The monoisotopic (exact) mass is 258 g/mol. The number of nitrogens with zero attached hydrogens (tertiary/aromatic N) is 2. The van der Waals surface area contributed by atoms with Crippen molar-refractivity contribution in [1.29, 1.82) is 0 Å². The van der Waals surface area contributed by atoms with Crippen LogP contribution in [-0.4, -0.2) is 30.1 Å². The molecule has 1 aromatic rings. The zero-order chi connectivity index (χ0) is 13.9. The lowest BCUT2D eigenvalue weighted by molar-refractivity contribution is -0.131. The van der Waals surface area contributed by atoms with Crippen LogP contribution in [0.3, 0.4) is 0 Å². The second-order valence-electron chi connectivity index (χ2n) is 5.93. The number of ketones is 1. The molecular weight excluding hydrogens is 236 g/mol. The normalized spacial score (nSPS) is 22.7. The maximum absolute atomic E-state index is 12.0. The smallest absolute Gasteiger partial charge is 0.140 e. The van der Waals surface area contributed by atoms with Gasteiger partial charge in [-0.2, -0.15) is 5.10 Å². The summed E-state index contributed by atoms with van der Waals surface area (Å²) in [6.07, 6.45) is 4.43. The summed E-state index contributed by atoms with van der Waals surface area (Å²) in [5.41, 5.74) is 0.928. The number of hydrogen-bond donors (Lipinski definition) is 0. The predicted octanol–water partition coefficient (Wildman–Crippen LogP) is 3.10. The molecule has 0 amide bonds. The topological polar surface area (TPSA) is 32.7 Å². The number of Topliss-reactive ketones (excluding diaryl/α,β-unsaturated/α-hetero) is 1. The second kappa shape index (κ2) is 5.55. The lowest BCUT2D eigenvalue weighted by Gasteiger charge is -2.36. The molecule has 3 heteroatoms. The van der Waals surface area contributed by atoms with Gasteiger partial charge in [0, 0.05) is 18.9 Å². The average molecular weight is 258 g/mol. The Hall–Kier alpha value is -1.64. The zero-order valence-electron chi connectivity index (χ0n) is 12.0. The van der Waals surface area contributed by atoms with Crippen LogP contribution in [0.5, 0.6) is 0 Å². The number of rotatable bonds is 3. The first-order valence-electron chi connectivity index (χ1n) is 6.84. The molecule has 0 radical (unpaired) electrons. The van der Waals surface area contributed by atoms with Gasteiger partial charge in [0.2, 0.25) is 0 Å². The van der Waals surface area contributed by atoms with Crippen molar-refractivity contribution in [3.8, 4) is 0 Å². The molecule has 0 bridgehead atoms. The molecule has 0 spiro atoms. The molecule has 1 atom stereocenters. The molecule has 0 aliphatic heterocycles.